The van der Waals surface area contributed by atoms with Gasteiger partial charge in [-0.1, -0.05) is 93.0 Å². The van der Waals surface area contributed by atoms with Gasteiger partial charge in [0.1, 0.15) is 15.8 Å². The number of thiocarbonyl (C=S) groups is 1. The quantitative estimate of drug-likeness (QED) is 0.395. The number of hydrogen-bond donors (Lipinski definition) is 0. The summed E-state index contributed by atoms with van der Waals surface area (Å²) < 4.78 is 6.66. The van der Waals surface area contributed by atoms with Crippen LogP contribution in [0, 0.1) is 0 Å². The third-order valence-electron chi connectivity index (χ3n) is 5.59. The summed E-state index contributed by atoms with van der Waals surface area (Å²) in [5.41, 5.74) is 2.07. The molecule has 0 atom stereocenters. The molecule has 1 aromatic heterocycles. The third kappa shape index (κ3) is 4.57. The molecule has 1 saturated carbocycles. The van der Waals surface area contributed by atoms with Crippen LogP contribution in [0.2, 0.25) is 0 Å². The lowest BCUT2D eigenvalue weighted by atomic mass is 9.96. The van der Waals surface area contributed by atoms with Gasteiger partial charge in [0.2, 0.25) is 0 Å². The van der Waals surface area contributed by atoms with Crippen LogP contribution < -0.4 is 0 Å². The fraction of sp³-hybridized carbons (Fsp3) is 0.333. The first-order chi connectivity index (χ1) is 14.2. The predicted octanol–water partition coefficient (Wildman–Crippen LogP) is 6.90. The molecule has 1 aliphatic carbocycles. The summed E-state index contributed by atoms with van der Waals surface area (Å²) in [7, 11) is 0. The van der Waals surface area contributed by atoms with Crippen molar-refractivity contribution in [3.8, 4) is 11.3 Å². The Balaban J connectivity index is 1.51. The molecule has 0 N–H and O–H groups in total. The Morgan fingerprint density at radius 3 is 2.41 bits per heavy atom. The number of benzene rings is 1. The number of carbonyl (C=O) groups excluding carboxylic acids is 1. The minimum Gasteiger partial charge on any atom is -0.457 e. The Kier molecular flexibility index (Phi) is 6.36. The number of nitrogens with zero attached hydrogens (tertiary/aromatic N) is 1. The number of hydrogen-bond acceptors (Lipinski definition) is 4. The van der Waals surface area contributed by atoms with Gasteiger partial charge in [0.15, 0.2) is 0 Å². The molecule has 0 radical (unpaired) electrons. The molecule has 0 unspecified atom stereocenters. The Bertz CT molecular complexity index is 934. The highest BCUT2D eigenvalue weighted by molar-refractivity contribution is 8.26. The molecule has 5 heteroatoms. The molecular weight excluding hydrogens is 398 g/mol. The Labute approximate surface area is 181 Å². The van der Waals surface area contributed by atoms with Gasteiger partial charge in [-0.25, -0.2) is 0 Å². The summed E-state index contributed by atoms with van der Waals surface area (Å²) in [6.45, 7) is 3.78. The number of amides is 1. The van der Waals surface area contributed by atoms with E-state index >= 15 is 0 Å². The van der Waals surface area contributed by atoms with E-state index in [1.54, 1.807) is 0 Å². The van der Waals surface area contributed by atoms with Crippen molar-refractivity contribution in [1.29, 1.82) is 0 Å². The van der Waals surface area contributed by atoms with Gasteiger partial charge in [-0.2, -0.15) is 0 Å². The first-order valence-corrected chi connectivity index (χ1v) is 11.5. The average molecular weight is 424 g/mol. The number of furan rings is 1. The summed E-state index contributed by atoms with van der Waals surface area (Å²) in [5, 5.41) is 0. The topological polar surface area (TPSA) is 33.5 Å². The van der Waals surface area contributed by atoms with E-state index in [9.17, 15) is 4.79 Å². The van der Waals surface area contributed by atoms with Crippen molar-refractivity contribution in [2.75, 3.05) is 0 Å². The van der Waals surface area contributed by atoms with Gasteiger partial charge in [-0.3, -0.25) is 9.69 Å². The molecule has 1 saturated heterocycles. The van der Waals surface area contributed by atoms with Crippen molar-refractivity contribution in [1.82, 2.24) is 4.90 Å². The van der Waals surface area contributed by atoms with Crippen LogP contribution in [0.4, 0.5) is 0 Å². The minimum atomic E-state index is 0.0267. The van der Waals surface area contributed by atoms with E-state index < -0.39 is 0 Å². The molecule has 0 bridgehead atoms. The van der Waals surface area contributed by atoms with Crippen LogP contribution in [0.15, 0.2) is 52.3 Å². The van der Waals surface area contributed by atoms with E-state index in [-0.39, 0.29) is 11.9 Å². The van der Waals surface area contributed by atoms with Crippen LogP contribution in [-0.2, 0) is 4.79 Å². The molecule has 2 heterocycles. The predicted molar refractivity (Wildman–Crippen MR) is 125 cm³/mol. The molecule has 1 aromatic carbocycles. The lowest BCUT2D eigenvalue weighted by Gasteiger charge is -2.28. The van der Waals surface area contributed by atoms with Gasteiger partial charge in [0.25, 0.3) is 5.91 Å². The fourth-order valence-corrected chi connectivity index (χ4v) is 5.37. The highest BCUT2D eigenvalue weighted by Gasteiger charge is 2.37. The largest absolute Gasteiger partial charge is 0.457 e. The minimum absolute atomic E-state index is 0.0267. The van der Waals surface area contributed by atoms with Gasteiger partial charge in [0, 0.05) is 17.7 Å². The first kappa shape index (κ1) is 20.2. The molecular formula is C24H25NO2S2. The zero-order valence-electron chi connectivity index (χ0n) is 16.4. The van der Waals surface area contributed by atoms with E-state index in [4.69, 9.17) is 16.6 Å². The molecule has 2 aliphatic rings. The normalized spacial score (nSPS) is 20.1. The average Bonchev–Trinajstić information content (AvgIpc) is 3.27. The van der Waals surface area contributed by atoms with Crippen molar-refractivity contribution >= 4 is 46.4 Å². The Morgan fingerprint density at radius 1 is 1.03 bits per heavy atom. The summed E-state index contributed by atoms with van der Waals surface area (Å²) in [4.78, 5) is 15.6. The molecule has 0 spiro atoms. The third-order valence-corrected chi connectivity index (χ3v) is 6.92. The molecule has 2 fully saturated rings. The zero-order valence-corrected chi connectivity index (χ0v) is 18.1. The lowest BCUT2D eigenvalue weighted by Crippen LogP contribution is -2.39. The second kappa shape index (κ2) is 9.14. The van der Waals surface area contributed by atoms with Gasteiger partial charge < -0.3 is 4.42 Å². The van der Waals surface area contributed by atoms with Crippen LogP contribution in [0.5, 0.6) is 0 Å². The summed E-state index contributed by atoms with van der Waals surface area (Å²) >= 11 is 6.95. The molecule has 3 nitrogen and oxygen atoms in total. The first-order valence-electron chi connectivity index (χ1n) is 10.3. The van der Waals surface area contributed by atoms with E-state index in [1.165, 1.54) is 43.9 Å². The van der Waals surface area contributed by atoms with E-state index in [1.807, 2.05) is 53.5 Å². The van der Waals surface area contributed by atoms with Crippen LogP contribution >= 0.6 is 24.0 Å². The molecule has 1 amide bonds. The van der Waals surface area contributed by atoms with Gasteiger partial charge in [-0.15, -0.1) is 0 Å². The van der Waals surface area contributed by atoms with Crippen LogP contribution in [0.25, 0.3) is 23.5 Å². The molecule has 1 aliphatic heterocycles. The number of thioether (sulfide) groups is 1. The summed E-state index contributed by atoms with van der Waals surface area (Å²) in [5.74, 6) is 1.48. The summed E-state index contributed by atoms with van der Waals surface area (Å²) in [6.07, 6.45) is 11.9. The molecule has 29 heavy (non-hydrogen) atoms. The molecule has 2 aromatic rings. The monoisotopic (exact) mass is 423 g/mol. The summed E-state index contributed by atoms with van der Waals surface area (Å²) in [6, 6.07) is 12.1. The fourth-order valence-electron chi connectivity index (χ4n) is 3.99. The van der Waals surface area contributed by atoms with E-state index in [0.29, 0.717) is 15.0 Å². The SMILES string of the molecule is C=Cc1ccc(-c2ccc(/C=C3\SC(=S)N(C4CCCCCCC4)C3=O)o2)cc1. The standard InChI is InChI=1S/C24H25NO2S2/c1-2-17-10-12-18(13-11-17)21-15-14-20(27-21)16-22-23(26)25(24(28)29-22)19-8-6-4-3-5-7-9-19/h2,10-16,19H,1,3-9H2/b22-16-. The van der Waals surface area contributed by atoms with Gasteiger partial charge >= 0.3 is 0 Å². The van der Waals surface area contributed by atoms with Gasteiger partial charge in [0.05, 0.1) is 4.91 Å². The molecule has 4 rings (SSSR count). The zero-order chi connectivity index (χ0) is 20.2. The Hall–Kier alpha value is -2.11. The number of carbonyl (C=O) groups is 1. The lowest BCUT2D eigenvalue weighted by molar-refractivity contribution is -0.123. The maximum absolute atomic E-state index is 13.1. The van der Waals surface area contributed by atoms with Gasteiger partial charge in [-0.05, 0) is 30.5 Å². The van der Waals surface area contributed by atoms with Crippen LogP contribution in [0.1, 0.15) is 56.3 Å². The highest BCUT2D eigenvalue weighted by Crippen LogP contribution is 2.37. The van der Waals surface area contributed by atoms with Crippen molar-refractivity contribution in [2.24, 2.45) is 0 Å². The van der Waals surface area contributed by atoms with E-state index in [0.717, 1.165) is 29.7 Å². The number of rotatable bonds is 4. The van der Waals surface area contributed by atoms with Crippen molar-refractivity contribution < 1.29 is 9.21 Å². The van der Waals surface area contributed by atoms with Crippen LogP contribution in [-0.4, -0.2) is 21.2 Å². The second-order valence-corrected chi connectivity index (χ2v) is 9.25. The second-order valence-electron chi connectivity index (χ2n) is 7.58. The maximum Gasteiger partial charge on any atom is 0.266 e. The smallest absolute Gasteiger partial charge is 0.266 e. The maximum atomic E-state index is 13.1. The van der Waals surface area contributed by atoms with Crippen LogP contribution in [0.3, 0.4) is 0 Å². The van der Waals surface area contributed by atoms with Crippen molar-refractivity contribution in [3.63, 3.8) is 0 Å². The van der Waals surface area contributed by atoms with E-state index in [2.05, 4.69) is 6.58 Å². The van der Waals surface area contributed by atoms with Crippen molar-refractivity contribution in [3.05, 3.63) is 59.2 Å². The van der Waals surface area contributed by atoms with Crippen molar-refractivity contribution in [2.45, 2.75) is 51.0 Å². The Morgan fingerprint density at radius 2 is 1.72 bits per heavy atom. The molecule has 150 valence electrons. The highest BCUT2D eigenvalue weighted by atomic mass is 32.2.